The van der Waals surface area contributed by atoms with Crippen LogP contribution in [-0.2, 0) is 6.42 Å². The van der Waals surface area contributed by atoms with Gasteiger partial charge in [-0.15, -0.1) is 6.58 Å². The van der Waals surface area contributed by atoms with Gasteiger partial charge < -0.3 is 5.11 Å². The van der Waals surface area contributed by atoms with Crippen LogP contribution in [0.25, 0.3) is 11.1 Å². The van der Waals surface area contributed by atoms with Crippen molar-refractivity contribution in [3.05, 3.63) is 71.6 Å². The summed E-state index contributed by atoms with van der Waals surface area (Å²) in [6.45, 7) is 3.64. The number of hydrogen-bond donors (Lipinski definition) is 1. The van der Waals surface area contributed by atoms with Gasteiger partial charge in [0.1, 0.15) is 12.3 Å². The zero-order valence-corrected chi connectivity index (χ0v) is 16.8. The number of halogens is 5. The third-order valence-electron chi connectivity index (χ3n) is 6.00. The van der Waals surface area contributed by atoms with E-state index in [-0.39, 0.29) is 34.6 Å². The van der Waals surface area contributed by atoms with E-state index in [0.717, 1.165) is 12.1 Å². The van der Waals surface area contributed by atoms with Crippen LogP contribution in [0.4, 0.5) is 22.0 Å². The molecule has 0 bridgehead atoms. The smallest absolute Gasteiger partial charge is 0.335 e. The molecular formula is C24H23F5O2. The van der Waals surface area contributed by atoms with E-state index < -0.39 is 48.1 Å². The van der Waals surface area contributed by atoms with Gasteiger partial charge in [-0.1, -0.05) is 18.2 Å². The molecular weight excluding hydrogens is 415 g/mol. The molecule has 0 aliphatic heterocycles. The predicted octanol–water partition coefficient (Wildman–Crippen LogP) is 6.68. The van der Waals surface area contributed by atoms with Crippen molar-refractivity contribution >= 4 is 5.97 Å². The molecule has 1 aliphatic carbocycles. The summed E-state index contributed by atoms with van der Waals surface area (Å²) in [6.07, 6.45) is 0.0154. The Morgan fingerprint density at radius 3 is 2.45 bits per heavy atom. The van der Waals surface area contributed by atoms with E-state index in [0.29, 0.717) is 19.3 Å². The first kappa shape index (κ1) is 23.0. The molecule has 2 aromatic rings. The standard InChI is InChI=1S/C24H23F5O2/c1-2-4-13-7-8-17(19(25)9-13)20(26)12-18-15(5-3-6-16(18)24(30)31)14-10-21(27)23(29)22(28)11-14/h2-3,5-6,10-11,13,17,19-20H,1,4,7-9,12H2,(H,30,31)/t13-,17-,19?,20?/m0/s1. The molecule has 0 amide bonds. The maximum absolute atomic E-state index is 15.2. The average Bonchev–Trinajstić information content (AvgIpc) is 2.71. The molecule has 166 valence electrons. The van der Waals surface area contributed by atoms with Gasteiger partial charge in [0.2, 0.25) is 0 Å². The highest BCUT2D eigenvalue weighted by molar-refractivity contribution is 5.92. The Morgan fingerprint density at radius 1 is 1.19 bits per heavy atom. The average molecular weight is 438 g/mol. The summed E-state index contributed by atoms with van der Waals surface area (Å²) < 4.78 is 70.8. The molecule has 3 rings (SSSR count). The van der Waals surface area contributed by atoms with Crippen LogP contribution < -0.4 is 0 Å². The van der Waals surface area contributed by atoms with Crippen molar-refractivity contribution in [2.24, 2.45) is 11.8 Å². The Morgan fingerprint density at radius 2 is 1.87 bits per heavy atom. The van der Waals surface area contributed by atoms with Crippen LogP contribution in [0.3, 0.4) is 0 Å². The fourth-order valence-corrected chi connectivity index (χ4v) is 4.41. The fraction of sp³-hybridized carbons (Fsp3) is 0.375. The first-order valence-corrected chi connectivity index (χ1v) is 10.1. The number of aromatic carboxylic acids is 1. The molecule has 1 saturated carbocycles. The summed E-state index contributed by atoms with van der Waals surface area (Å²) >= 11 is 0. The molecule has 4 atom stereocenters. The van der Waals surface area contributed by atoms with E-state index in [4.69, 9.17) is 0 Å². The minimum absolute atomic E-state index is 0.00618. The van der Waals surface area contributed by atoms with Crippen LogP contribution in [0.2, 0.25) is 0 Å². The minimum Gasteiger partial charge on any atom is -0.478 e. The van der Waals surface area contributed by atoms with Gasteiger partial charge >= 0.3 is 5.97 Å². The number of allylic oxidation sites excluding steroid dienone is 1. The third kappa shape index (κ3) is 4.97. The van der Waals surface area contributed by atoms with Gasteiger partial charge in [-0.3, -0.25) is 0 Å². The van der Waals surface area contributed by atoms with Gasteiger partial charge in [0.05, 0.1) is 5.56 Å². The number of benzene rings is 2. The van der Waals surface area contributed by atoms with Crippen molar-refractivity contribution in [1.82, 2.24) is 0 Å². The monoisotopic (exact) mass is 438 g/mol. The molecule has 0 saturated heterocycles. The van der Waals surface area contributed by atoms with Crippen LogP contribution in [0, 0.1) is 29.3 Å². The number of carboxylic acid groups (broad SMARTS) is 1. The molecule has 0 heterocycles. The second kappa shape index (κ2) is 9.62. The quantitative estimate of drug-likeness (QED) is 0.297. The second-order valence-corrected chi connectivity index (χ2v) is 7.99. The molecule has 0 radical (unpaired) electrons. The molecule has 2 unspecified atom stereocenters. The maximum atomic E-state index is 15.2. The predicted molar refractivity (Wildman–Crippen MR) is 108 cm³/mol. The van der Waals surface area contributed by atoms with Crippen molar-refractivity contribution in [2.45, 2.75) is 44.4 Å². The van der Waals surface area contributed by atoms with Crippen LogP contribution in [0.15, 0.2) is 43.0 Å². The van der Waals surface area contributed by atoms with E-state index in [1.165, 1.54) is 18.2 Å². The highest BCUT2D eigenvalue weighted by atomic mass is 19.2. The van der Waals surface area contributed by atoms with Crippen molar-refractivity contribution in [3.63, 3.8) is 0 Å². The lowest BCUT2D eigenvalue weighted by molar-refractivity contribution is 0.0623. The van der Waals surface area contributed by atoms with E-state index in [1.54, 1.807) is 6.08 Å². The third-order valence-corrected chi connectivity index (χ3v) is 6.00. The van der Waals surface area contributed by atoms with Gasteiger partial charge in [-0.05, 0) is 66.5 Å². The van der Waals surface area contributed by atoms with Gasteiger partial charge in [0, 0.05) is 12.3 Å². The van der Waals surface area contributed by atoms with Crippen LogP contribution in [0.1, 0.15) is 41.6 Å². The van der Waals surface area contributed by atoms with Gasteiger partial charge in [-0.2, -0.15) is 0 Å². The molecule has 7 heteroatoms. The summed E-state index contributed by atoms with van der Waals surface area (Å²) in [6, 6.07) is 5.45. The van der Waals surface area contributed by atoms with Gasteiger partial charge in [0.25, 0.3) is 0 Å². The Kier molecular flexibility index (Phi) is 7.13. The first-order chi connectivity index (χ1) is 14.7. The fourth-order valence-electron chi connectivity index (χ4n) is 4.41. The summed E-state index contributed by atoms with van der Waals surface area (Å²) in [5.74, 6) is -6.69. The Bertz CT molecular complexity index is 951. The topological polar surface area (TPSA) is 37.3 Å². The minimum atomic E-state index is -1.69. The lowest BCUT2D eigenvalue weighted by Gasteiger charge is -2.33. The lowest BCUT2D eigenvalue weighted by Crippen LogP contribution is -2.34. The summed E-state index contributed by atoms with van der Waals surface area (Å²) in [5.41, 5.74) is -0.307. The molecule has 1 fully saturated rings. The number of carboxylic acids is 1. The van der Waals surface area contributed by atoms with Crippen molar-refractivity contribution < 1.29 is 31.9 Å². The normalized spacial score (nSPS) is 22.2. The molecule has 0 aromatic heterocycles. The van der Waals surface area contributed by atoms with E-state index in [2.05, 4.69) is 6.58 Å². The van der Waals surface area contributed by atoms with Crippen molar-refractivity contribution in [1.29, 1.82) is 0 Å². The van der Waals surface area contributed by atoms with E-state index in [9.17, 15) is 27.5 Å². The summed E-state index contributed by atoms with van der Waals surface area (Å²) in [5, 5.41) is 9.55. The van der Waals surface area contributed by atoms with E-state index >= 15 is 4.39 Å². The zero-order chi connectivity index (χ0) is 22.7. The zero-order valence-electron chi connectivity index (χ0n) is 16.8. The van der Waals surface area contributed by atoms with Gasteiger partial charge in [-0.25, -0.2) is 26.7 Å². The molecule has 31 heavy (non-hydrogen) atoms. The molecule has 1 N–H and O–H groups in total. The molecule has 1 aliphatic rings. The van der Waals surface area contributed by atoms with Crippen molar-refractivity contribution in [2.75, 3.05) is 0 Å². The number of rotatable bonds is 7. The number of alkyl halides is 2. The first-order valence-electron chi connectivity index (χ1n) is 10.1. The highest BCUT2D eigenvalue weighted by Crippen LogP contribution is 2.38. The molecule has 0 spiro atoms. The SMILES string of the molecule is C=CC[C@H]1CC[C@H](C(F)Cc2c(C(=O)O)cccc2-c2cc(F)c(F)c(F)c2)C(F)C1. The highest BCUT2D eigenvalue weighted by Gasteiger charge is 2.36. The Hall–Kier alpha value is -2.70. The Labute approximate surface area is 177 Å². The van der Waals surface area contributed by atoms with Gasteiger partial charge in [0.15, 0.2) is 17.5 Å². The molecule has 2 nitrogen and oxygen atoms in total. The summed E-state index contributed by atoms with van der Waals surface area (Å²) in [7, 11) is 0. The second-order valence-electron chi connectivity index (χ2n) is 7.99. The van der Waals surface area contributed by atoms with Crippen LogP contribution in [0.5, 0.6) is 0 Å². The van der Waals surface area contributed by atoms with Crippen molar-refractivity contribution in [3.8, 4) is 11.1 Å². The number of carbonyl (C=O) groups is 1. The summed E-state index contributed by atoms with van der Waals surface area (Å²) in [4.78, 5) is 11.7. The Balaban J connectivity index is 1.95. The molecule has 2 aromatic carbocycles. The van der Waals surface area contributed by atoms with E-state index in [1.807, 2.05) is 0 Å². The largest absolute Gasteiger partial charge is 0.478 e. The van der Waals surface area contributed by atoms with Crippen LogP contribution in [-0.4, -0.2) is 23.4 Å². The maximum Gasteiger partial charge on any atom is 0.335 e. The number of hydrogen-bond acceptors (Lipinski definition) is 1. The lowest BCUT2D eigenvalue weighted by atomic mass is 9.75. The van der Waals surface area contributed by atoms with Crippen LogP contribution >= 0.6 is 0 Å².